The fourth-order valence-corrected chi connectivity index (χ4v) is 2.75. The van der Waals surface area contributed by atoms with E-state index in [1.165, 1.54) is 0 Å². The van der Waals surface area contributed by atoms with Gasteiger partial charge in [-0.25, -0.2) is 4.79 Å². The summed E-state index contributed by atoms with van der Waals surface area (Å²) in [6.07, 6.45) is 1.94. The van der Waals surface area contributed by atoms with E-state index in [2.05, 4.69) is 5.32 Å². The molecule has 22 heavy (non-hydrogen) atoms. The minimum absolute atomic E-state index is 0.0697. The summed E-state index contributed by atoms with van der Waals surface area (Å²) < 4.78 is 5.56. The van der Waals surface area contributed by atoms with Gasteiger partial charge in [-0.05, 0) is 44.7 Å². The Bertz CT molecular complexity index is 522. The molecule has 0 bridgehead atoms. The van der Waals surface area contributed by atoms with Gasteiger partial charge in [-0.3, -0.25) is 0 Å². The Balaban J connectivity index is 1.99. The van der Waals surface area contributed by atoms with Crippen molar-refractivity contribution in [3.8, 4) is 5.75 Å². The molecule has 0 aliphatic carbocycles. The van der Waals surface area contributed by atoms with E-state index >= 15 is 0 Å². The maximum atomic E-state index is 12.3. The number of nitrogens with one attached hydrogen (secondary N) is 1. The predicted octanol–water partition coefficient (Wildman–Crippen LogP) is 3.36. The number of aliphatic hydroxyl groups is 1. The number of nitrogens with zero attached hydrogens (tertiary/aromatic N) is 1. The summed E-state index contributed by atoms with van der Waals surface area (Å²) in [6, 6.07) is 5.04. The van der Waals surface area contributed by atoms with Gasteiger partial charge in [0, 0.05) is 25.8 Å². The highest BCUT2D eigenvalue weighted by atomic mass is 35.5. The summed E-state index contributed by atoms with van der Waals surface area (Å²) in [5.41, 5.74) is 0.564. The van der Waals surface area contributed by atoms with Gasteiger partial charge in [0.25, 0.3) is 0 Å². The Morgan fingerprint density at radius 1 is 1.55 bits per heavy atom. The van der Waals surface area contributed by atoms with Crippen LogP contribution in [0.25, 0.3) is 0 Å². The summed E-state index contributed by atoms with van der Waals surface area (Å²) in [5, 5.41) is 12.5. The molecule has 1 fully saturated rings. The first kappa shape index (κ1) is 16.9. The lowest BCUT2D eigenvalue weighted by Gasteiger charge is -2.31. The number of piperidine rings is 1. The van der Waals surface area contributed by atoms with E-state index in [4.69, 9.17) is 16.3 Å². The number of carbonyl (C=O) groups excluding carboxylic acids is 1. The number of halogens is 1. The van der Waals surface area contributed by atoms with E-state index < -0.39 is 0 Å². The van der Waals surface area contributed by atoms with Crippen LogP contribution in [0.2, 0.25) is 5.02 Å². The molecule has 0 spiro atoms. The molecule has 0 aromatic heterocycles. The molecule has 6 heteroatoms. The average molecular weight is 327 g/mol. The van der Waals surface area contributed by atoms with Gasteiger partial charge in [-0.15, -0.1) is 0 Å². The standard InChI is InChI=1S/C16H23ClN2O3/c1-11(2)22-13-5-6-15(14(17)8-13)18-16(21)19-7-3-4-12(9-19)10-20/h5-6,8,11-12,20H,3-4,7,9-10H2,1-2H3,(H,18,21)/t12-/m0/s1. The van der Waals surface area contributed by atoms with Crippen LogP contribution in [0.5, 0.6) is 5.75 Å². The zero-order chi connectivity index (χ0) is 16.1. The molecular weight excluding hydrogens is 304 g/mol. The summed E-state index contributed by atoms with van der Waals surface area (Å²) >= 11 is 6.20. The third kappa shape index (κ3) is 4.52. The molecule has 0 saturated carbocycles. The Labute approximate surface area is 136 Å². The van der Waals surface area contributed by atoms with Crippen LogP contribution in [-0.4, -0.2) is 41.8 Å². The Hall–Kier alpha value is -1.46. The summed E-state index contributed by atoms with van der Waals surface area (Å²) in [7, 11) is 0. The number of hydrogen-bond donors (Lipinski definition) is 2. The van der Waals surface area contributed by atoms with Crippen LogP contribution in [-0.2, 0) is 0 Å². The second-order valence-electron chi connectivity index (χ2n) is 5.88. The summed E-state index contributed by atoms with van der Waals surface area (Å²) in [5.74, 6) is 0.841. The minimum atomic E-state index is -0.183. The number of urea groups is 1. The lowest BCUT2D eigenvalue weighted by molar-refractivity contribution is 0.136. The van der Waals surface area contributed by atoms with Crippen molar-refractivity contribution >= 4 is 23.3 Å². The molecule has 0 radical (unpaired) electrons. The predicted molar refractivity (Wildman–Crippen MR) is 87.6 cm³/mol. The van der Waals surface area contributed by atoms with Crippen molar-refractivity contribution in [1.29, 1.82) is 0 Å². The number of benzene rings is 1. The second kappa shape index (κ2) is 7.70. The van der Waals surface area contributed by atoms with Gasteiger partial charge < -0.3 is 20.1 Å². The zero-order valence-electron chi connectivity index (χ0n) is 13.0. The number of amides is 2. The molecule has 2 N–H and O–H groups in total. The minimum Gasteiger partial charge on any atom is -0.491 e. The smallest absolute Gasteiger partial charge is 0.321 e. The van der Waals surface area contributed by atoms with Crippen molar-refractivity contribution in [2.24, 2.45) is 5.92 Å². The molecule has 122 valence electrons. The molecule has 1 aliphatic rings. The SMILES string of the molecule is CC(C)Oc1ccc(NC(=O)N2CCC[C@H](CO)C2)c(Cl)c1. The molecule has 1 saturated heterocycles. The van der Waals surface area contributed by atoms with Crippen molar-refractivity contribution in [3.63, 3.8) is 0 Å². The molecule has 1 aliphatic heterocycles. The maximum absolute atomic E-state index is 12.3. The van der Waals surface area contributed by atoms with Crippen molar-refractivity contribution in [1.82, 2.24) is 4.90 Å². The number of carbonyl (C=O) groups is 1. The van der Waals surface area contributed by atoms with E-state index in [0.717, 1.165) is 12.8 Å². The summed E-state index contributed by atoms with van der Waals surface area (Å²) in [6.45, 7) is 5.28. The number of hydrogen-bond acceptors (Lipinski definition) is 3. The fourth-order valence-electron chi connectivity index (χ4n) is 2.54. The van der Waals surface area contributed by atoms with Crippen LogP contribution in [0.4, 0.5) is 10.5 Å². The first-order chi connectivity index (χ1) is 10.5. The third-order valence-electron chi connectivity index (χ3n) is 3.62. The first-order valence-electron chi connectivity index (χ1n) is 7.62. The van der Waals surface area contributed by atoms with Crippen LogP contribution < -0.4 is 10.1 Å². The lowest BCUT2D eigenvalue weighted by Crippen LogP contribution is -2.43. The van der Waals surface area contributed by atoms with Gasteiger partial charge in [0.2, 0.25) is 0 Å². The van der Waals surface area contributed by atoms with Gasteiger partial charge in [-0.1, -0.05) is 11.6 Å². The number of anilines is 1. The Morgan fingerprint density at radius 3 is 2.95 bits per heavy atom. The highest BCUT2D eigenvalue weighted by Crippen LogP contribution is 2.28. The van der Waals surface area contributed by atoms with Crippen molar-refractivity contribution in [3.05, 3.63) is 23.2 Å². The van der Waals surface area contributed by atoms with E-state index in [1.807, 2.05) is 13.8 Å². The Morgan fingerprint density at radius 2 is 2.32 bits per heavy atom. The fraction of sp³-hybridized carbons (Fsp3) is 0.562. The number of rotatable bonds is 4. The molecule has 1 aromatic rings. The van der Waals surface area contributed by atoms with Gasteiger partial charge in [-0.2, -0.15) is 0 Å². The largest absolute Gasteiger partial charge is 0.491 e. The quantitative estimate of drug-likeness (QED) is 0.891. The van der Waals surface area contributed by atoms with E-state index in [-0.39, 0.29) is 24.7 Å². The van der Waals surface area contributed by atoms with E-state index in [9.17, 15) is 9.90 Å². The number of aliphatic hydroxyl groups excluding tert-OH is 1. The third-order valence-corrected chi connectivity index (χ3v) is 3.93. The molecule has 1 aromatic carbocycles. The van der Waals surface area contributed by atoms with Crippen LogP contribution in [0.3, 0.4) is 0 Å². The van der Waals surface area contributed by atoms with Crippen molar-refractivity contribution in [2.75, 3.05) is 25.0 Å². The van der Waals surface area contributed by atoms with Crippen molar-refractivity contribution in [2.45, 2.75) is 32.8 Å². The van der Waals surface area contributed by atoms with E-state index in [1.54, 1.807) is 23.1 Å². The first-order valence-corrected chi connectivity index (χ1v) is 8.00. The Kier molecular flexibility index (Phi) is 5.91. The maximum Gasteiger partial charge on any atom is 0.321 e. The molecular formula is C16H23ClN2O3. The van der Waals surface area contributed by atoms with Crippen LogP contribution >= 0.6 is 11.6 Å². The second-order valence-corrected chi connectivity index (χ2v) is 6.28. The molecule has 5 nitrogen and oxygen atoms in total. The molecule has 1 atom stereocenters. The number of ether oxygens (including phenoxy) is 1. The topological polar surface area (TPSA) is 61.8 Å². The summed E-state index contributed by atoms with van der Waals surface area (Å²) in [4.78, 5) is 14.0. The van der Waals surface area contributed by atoms with Gasteiger partial charge >= 0.3 is 6.03 Å². The van der Waals surface area contributed by atoms with Crippen molar-refractivity contribution < 1.29 is 14.6 Å². The average Bonchev–Trinajstić information content (AvgIpc) is 2.49. The normalized spacial score (nSPS) is 18.4. The highest BCUT2D eigenvalue weighted by molar-refractivity contribution is 6.33. The monoisotopic (exact) mass is 326 g/mol. The lowest BCUT2D eigenvalue weighted by atomic mass is 9.99. The molecule has 2 rings (SSSR count). The van der Waals surface area contributed by atoms with Gasteiger partial charge in [0.1, 0.15) is 5.75 Å². The molecule has 1 heterocycles. The van der Waals surface area contributed by atoms with Gasteiger partial charge in [0.05, 0.1) is 16.8 Å². The zero-order valence-corrected chi connectivity index (χ0v) is 13.8. The van der Waals surface area contributed by atoms with Crippen LogP contribution in [0.15, 0.2) is 18.2 Å². The number of likely N-dealkylation sites (tertiary alicyclic amines) is 1. The highest BCUT2D eigenvalue weighted by Gasteiger charge is 2.23. The van der Waals surface area contributed by atoms with E-state index in [0.29, 0.717) is 29.5 Å². The van der Waals surface area contributed by atoms with Crippen LogP contribution in [0, 0.1) is 5.92 Å². The van der Waals surface area contributed by atoms with Gasteiger partial charge in [0.15, 0.2) is 0 Å². The molecule has 0 unspecified atom stereocenters. The molecule has 2 amide bonds. The van der Waals surface area contributed by atoms with Crippen LogP contribution in [0.1, 0.15) is 26.7 Å².